The minimum absolute atomic E-state index is 0.0515. The van der Waals surface area contributed by atoms with Gasteiger partial charge in [-0.15, -0.1) is 0 Å². The molecular formula is C30H21F6N5O2. The zero-order valence-corrected chi connectivity index (χ0v) is 22.1. The molecule has 2 unspecified atom stereocenters. The molecule has 4 aromatic rings. The number of hydrogen-bond donors (Lipinski definition) is 2. The van der Waals surface area contributed by atoms with Gasteiger partial charge in [0.25, 0.3) is 5.91 Å². The van der Waals surface area contributed by atoms with E-state index < -0.39 is 53.7 Å². The summed E-state index contributed by atoms with van der Waals surface area (Å²) < 4.78 is 84.5. The number of allylic oxidation sites excluding steroid dienone is 1. The highest BCUT2D eigenvalue weighted by molar-refractivity contribution is 5.94. The first-order valence-corrected chi connectivity index (χ1v) is 13.1. The van der Waals surface area contributed by atoms with Crippen LogP contribution < -0.4 is 11.1 Å². The quantitative estimate of drug-likeness (QED) is 0.263. The lowest BCUT2D eigenvalue weighted by atomic mass is 9.94. The Bertz CT molecular complexity index is 1810. The molecular weight excluding hydrogens is 576 g/mol. The largest absolute Gasteiger partial charge is 0.435 e. The zero-order chi connectivity index (χ0) is 30.6. The Hall–Kier alpha value is -4.94. The lowest BCUT2D eigenvalue weighted by Crippen LogP contribution is -2.34. The number of nitrogens with one attached hydrogen (secondary N) is 1. The fraction of sp³-hybridized carbons (Fsp3) is 0.200. The van der Waals surface area contributed by atoms with Crippen LogP contribution in [0.2, 0.25) is 0 Å². The molecule has 0 aliphatic heterocycles. The summed E-state index contributed by atoms with van der Waals surface area (Å²) in [5.74, 6) is -4.67. The molecule has 0 spiro atoms. The normalized spacial score (nSPS) is 15.9. The van der Waals surface area contributed by atoms with E-state index in [1.165, 1.54) is 18.3 Å². The Kier molecular flexibility index (Phi) is 6.82. The second-order valence-corrected chi connectivity index (χ2v) is 10.4. The van der Waals surface area contributed by atoms with E-state index in [0.29, 0.717) is 23.6 Å². The van der Waals surface area contributed by atoms with Crippen molar-refractivity contribution in [1.29, 1.82) is 0 Å². The number of primary amides is 1. The minimum atomic E-state index is -4.70. The molecule has 220 valence electrons. The van der Waals surface area contributed by atoms with Crippen LogP contribution in [0.25, 0.3) is 17.2 Å². The smallest absolute Gasteiger partial charge is 0.366 e. The van der Waals surface area contributed by atoms with E-state index >= 15 is 0 Å². The Morgan fingerprint density at radius 2 is 1.81 bits per heavy atom. The van der Waals surface area contributed by atoms with Gasteiger partial charge in [-0.2, -0.15) is 18.3 Å². The predicted octanol–water partition coefficient (Wildman–Crippen LogP) is 5.46. The molecule has 2 amide bonds. The number of nitrogens with two attached hydrogens (primary N) is 1. The van der Waals surface area contributed by atoms with Gasteiger partial charge in [-0.05, 0) is 60.4 Å². The summed E-state index contributed by atoms with van der Waals surface area (Å²) in [6.45, 7) is -0.576. The first-order chi connectivity index (χ1) is 20.4. The molecule has 43 heavy (non-hydrogen) atoms. The van der Waals surface area contributed by atoms with Gasteiger partial charge >= 0.3 is 6.18 Å². The van der Waals surface area contributed by atoms with Crippen molar-refractivity contribution in [1.82, 2.24) is 20.1 Å². The number of pyridine rings is 1. The molecule has 7 nitrogen and oxygen atoms in total. The van der Waals surface area contributed by atoms with Crippen molar-refractivity contribution in [3.05, 3.63) is 112 Å². The number of rotatable bonds is 8. The molecule has 2 aromatic carbocycles. The highest BCUT2D eigenvalue weighted by atomic mass is 19.4. The fourth-order valence-electron chi connectivity index (χ4n) is 5.49. The van der Waals surface area contributed by atoms with Gasteiger partial charge in [0.1, 0.15) is 24.0 Å². The average Bonchev–Trinajstić information content (AvgIpc) is 3.45. The Morgan fingerprint density at radius 1 is 1.07 bits per heavy atom. The van der Waals surface area contributed by atoms with Crippen LogP contribution in [0.1, 0.15) is 56.9 Å². The van der Waals surface area contributed by atoms with Crippen molar-refractivity contribution in [3.63, 3.8) is 0 Å². The first kappa shape index (κ1) is 28.2. The molecule has 2 aliphatic rings. The summed E-state index contributed by atoms with van der Waals surface area (Å²) >= 11 is 0. The molecule has 3 N–H and O–H groups in total. The standard InChI is InChI=1S/C30H21F6N5O2/c31-17-6-14(7-18(32)12-17)8-23(27-19(2-1-5-38-27)15-3-4-22(33)21(9-15)29(37)43)39-25(42)13-41-24-11-16-10-20(16)26(24)28(40-41)30(34,35)36/h1-7,9,11-12,20,23H,8,10,13H2,(H2,37,43)(H,39,42). The van der Waals surface area contributed by atoms with Crippen LogP contribution in [0.15, 0.2) is 60.3 Å². The van der Waals surface area contributed by atoms with Crippen LogP contribution in [-0.2, 0) is 23.9 Å². The van der Waals surface area contributed by atoms with Gasteiger partial charge in [0, 0.05) is 29.3 Å². The van der Waals surface area contributed by atoms with E-state index in [1.807, 2.05) is 0 Å². The maximum atomic E-state index is 14.2. The monoisotopic (exact) mass is 597 g/mol. The zero-order valence-electron chi connectivity index (χ0n) is 22.1. The number of hydrogen-bond acceptors (Lipinski definition) is 4. The van der Waals surface area contributed by atoms with Gasteiger partial charge in [-0.3, -0.25) is 19.3 Å². The number of benzene rings is 2. The third-order valence-corrected chi connectivity index (χ3v) is 7.40. The third kappa shape index (κ3) is 5.49. The highest BCUT2D eigenvalue weighted by Crippen LogP contribution is 2.57. The van der Waals surface area contributed by atoms with Gasteiger partial charge in [0.2, 0.25) is 5.91 Å². The summed E-state index contributed by atoms with van der Waals surface area (Å²) in [5.41, 5.74) is 5.97. The van der Waals surface area contributed by atoms with E-state index in [2.05, 4.69) is 15.4 Å². The molecule has 2 atom stereocenters. The lowest BCUT2D eigenvalue weighted by Gasteiger charge is -2.22. The topological polar surface area (TPSA) is 103 Å². The second-order valence-electron chi connectivity index (χ2n) is 10.4. The van der Waals surface area contributed by atoms with Crippen molar-refractivity contribution in [2.45, 2.75) is 37.5 Å². The Morgan fingerprint density at radius 3 is 2.51 bits per heavy atom. The lowest BCUT2D eigenvalue weighted by molar-refractivity contribution is -0.142. The number of aromatic nitrogens is 3. The van der Waals surface area contributed by atoms with Crippen LogP contribution >= 0.6 is 0 Å². The van der Waals surface area contributed by atoms with E-state index in [4.69, 9.17) is 5.73 Å². The predicted molar refractivity (Wildman–Crippen MR) is 142 cm³/mol. The van der Waals surface area contributed by atoms with Crippen molar-refractivity contribution in [2.75, 3.05) is 0 Å². The van der Waals surface area contributed by atoms with E-state index in [1.54, 1.807) is 18.2 Å². The van der Waals surface area contributed by atoms with Crippen molar-refractivity contribution >= 4 is 17.9 Å². The number of amides is 2. The van der Waals surface area contributed by atoms with E-state index in [-0.39, 0.29) is 40.4 Å². The number of halogens is 6. The number of nitrogens with zero attached hydrogens (tertiary/aromatic N) is 3. The molecule has 2 aliphatic carbocycles. The number of fused-ring (bicyclic) bond motifs is 3. The maximum Gasteiger partial charge on any atom is 0.435 e. The highest BCUT2D eigenvalue weighted by Gasteiger charge is 2.49. The fourth-order valence-corrected chi connectivity index (χ4v) is 5.49. The average molecular weight is 598 g/mol. The van der Waals surface area contributed by atoms with E-state index in [9.17, 15) is 35.9 Å². The van der Waals surface area contributed by atoms with Crippen LogP contribution in [-0.4, -0.2) is 26.6 Å². The van der Waals surface area contributed by atoms with Crippen LogP contribution in [0.4, 0.5) is 26.3 Å². The Balaban J connectivity index is 1.36. The molecule has 13 heteroatoms. The summed E-state index contributed by atoms with van der Waals surface area (Å²) in [7, 11) is 0. The van der Waals surface area contributed by atoms with Gasteiger partial charge in [-0.25, -0.2) is 13.2 Å². The molecule has 0 bridgehead atoms. The number of carbonyl (C=O) groups is 2. The van der Waals surface area contributed by atoms with Crippen LogP contribution in [0.5, 0.6) is 0 Å². The van der Waals surface area contributed by atoms with E-state index in [0.717, 1.165) is 28.5 Å². The molecule has 1 fully saturated rings. The van der Waals surface area contributed by atoms with Crippen molar-refractivity contribution < 1.29 is 35.9 Å². The third-order valence-electron chi connectivity index (χ3n) is 7.40. The number of alkyl halides is 3. The summed E-state index contributed by atoms with van der Waals surface area (Å²) in [4.78, 5) is 29.5. The SMILES string of the molecule is NC(=O)c1cc(-c2cccnc2C(Cc2cc(F)cc(F)c2)NC(=O)Cn2nc(C(F)(F)F)c3c2C=C2CC23)ccc1F. The number of carbonyl (C=O) groups excluding carboxylic acids is 2. The summed E-state index contributed by atoms with van der Waals surface area (Å²) in [6.07, 6.45) is -1.36. The van der Waals surface area contributed by atoms with Gasteiger partial charge in [-0.1, -0.05) is 17.7 Å². The molecule has 6 rings (SSSR count). The maximum absolute atomic E-state index is 14.2. The first-order valence-electron chi connectivity index (χ1n) is 13.1. The molecule has 2 heterocycles. The van der Waals surface area contributed by atoms with Crippen molar-refractivity contribution in [2.24, 2.45) is 5.73 Å². The van der Waals surface area contributed by atoms with Gasteiger partial charge in [0.05, 0.1) is 23.0 Å². The van der Waals surface area contributed by atoms with Gasteiger partial charge in [0.15, 0.2) is 5.69 Å². The van der Waals surface area contributed by atoms with Crippen LogP contribution in [0.3, 0.4) is 0 Å². The second kappa shape index (κ2) is 10.4. The molecule has 0 saturated heterocycles. The Labute approximate surface area is 240 Å². The summed E-state index contributed by atoms with van der Waals surface area (Å²) in [6, 6.07) is 8.52. The van der Waals surface area contributed by atoms with Gasteiger partial charge < -0.3 is 11.1 Å². The van der Waals surface area contributed by atoms with Crippen molar-refractivity contribution in [3.8, 4) is 11.1 Å². The summed E-state index contributed by atoms with van der Waals surface area (Å²) in [5, 5.41) is 6.41. The molecule has 0 radical (unpaired) electrons. The minimum Gasteiger partial charge on any atom is -0.366 e. The molecule has 1 saturated carbocycles. The van der Waals surface area contributed by atoms with Crippen LogP contribution in [0, 0.1) is 17.5 Å². The molecule has 2 aromatic heterocycles.